The number of rotatable bonds is 10. The predicted octanol–water partition coefficient (Wildman–Crippen LogP) is 5.55. The summed E-state index contributed by atoms with van der Waals surface area (Å²) in [6, 6.07) is 0. The fourth-order valence-corrected chi connectivity index (χ4v) is 3.75. The average Bonchev–Trinajstić information content (AvgIpc) is 2.18. The van der Waals surface area contributed by atoms with Crippen molar-refractivity contribution < 1.29 is 0 Å². The molecule has 0 spiro atoms. The van der Waals surface area contributed by atoms with Gasteiger partial charge in [-0.1, -0.05) is 68.3 Å². The molecule has 0 saturated carbocycles. The minimum Gasteiger partial charge on any atom is -0.108 e. The van der Waals surface area contributed by atoms with E-state index in [4.69, 9.17) is 0 Å². The van der Waals surface area contributed by atoms with Gasteiger partial charge in [0.2, 0.25) is 0 Å². The van der Waals surface area contributed by atoms with Gasteiger partial charge in [0.05, 0.1) is 0 Å². The van der Waals surface area contributed by atoms with Gasteiger partial charge in [0.15, 0.2) is 0 Å². The van der Waals surface area contributed by atoms with Crippen molar-refractivity contribution in [3.05, 3.63) is 0 Å². The summed E-state index contributed by atoms with van der Waals surface area (Å²) in [6.07, 6.45) is 12.7. The molecule has 0 aliphatic rings. The number of unbranched alkanes of at least 4 members (excludes halogenated alkanes) is 5. The molecule has 0 aromatic carbocycles. The third-order valence-corrected chi connectivity index (χ3v) is 5.26. The summed E-state index contributed by atoms with van der Waals surface area (Å²) in [7, 11) is 1.14. The highest BCUT2D eigenvalue weighted by Gasteiger charge is 2.02. The zero-order valence-corrected chi connectivity index (χ0v) is 12.4. The molecule has 0 fully saturated rings. The molecule has 0 saturated heterocycles. The zero-order chi connectivity index (χ0) is 10.6. The smallest absolute Gasteiger partial charge is 0.0317 e. The third-order valence-electron chi connectivity index (χ3n) is 2.46. The quantitative estimate of drug-likeness (QED) is 0.280. The van der Waals surface area contributed by atoms with Gasteiger partial charge in [-0.15, -0.1) is 8.58 Å². The molecule has 0 heterocycles. The molecule has 2 heteroatoms. The van der Waals surface area contributed by atoms with Gasteiger partial charge in [-0.05, 0) is 19.0 Å². The number of hydrogen-bond donors (Lipinski definition) is 0. The SMILES string of the molecule is CCCCCCCC(Br)PCCCC. The van der Waals surface area contributed by atoms with Crippen LogP contribution < -0.4 is 0 Å². The molecular formula is C12H26BrP. The Labute approximate surface area is 101 Å². The Hall–Kier alpha value is 0.910. The molecule has 0 bridgehead atoms. The molecule has 0 aliphatic heterocycles. The summed E-state index contributed by atoms with van der Waals surface area (Å²) in [4.78, 5) is 0. The van der Waals surface area contributed by atoms with Crippen molar-refractivity contribution in [2.45, 2.75) is 69.8 Å². The molecule has 0 aromatic rings. The van der Waals surface area contributed by atoms with Crippen LogP contribution in [0.1, 0.15) is 65.2 Å². The summed E-state index contributed by atoms with van der Waals surface area (Å²) in [5, 5.41) is 0. The van der Waals surface area contributed by atoms with E-state index in [1.54, 1.807) is 0 Å². The molecule has 0 aliphatic carbocycles. The molecule has 0 amide bonds. The molecular weight excluding hydrogens is 255 g/mol. The highest BCUT2D eigenvalue weighted by molar-refractivity contribution is 9.10. The van der Waals surface area contributed by atoms with Crippen LogP contribution in [0.4, 0.5) is 0 Å². The number of halogens is 1. The van der Waals surface area contributed by atoms with E-state index in [-0.39, 0.29) is 0 Å². The molecule has 14 heavy (non-hydrogen) atoms. The van der Waals surface area contributed by atoms with E-state index in [2.05, 4.69) is 29.8 Å². The van der Waals surface area contributed by atoms with Crippen molar-refractivity contribution in [1.29, 1.82) is 0 Å². The van der Waals surface area contributed by atoms with Gasteiger partial charge in [-0.3, -0.25) is 0 Å². The zero-order valence-electron chi connectivity index (χ0n) is 9.82. The second-order valence-electron chi connectivity index (χ2n) is 3.98. The Morgan fingerprint density at radius 2 is 1.57 bits per heavy atom. The first-order valence-electron chi connectivity index (χ1n) is 6.18. The van der Waals surface area contributed by atoms with E-state index < -0.39 is 0 Å². The molecule has 2 atom stereocenters. The van der Waals surface area contributed by atoms with Gasteiger partial charge in [0.25, 0.3) is 0 Å². The van der Waals surface area contributed by atoms with Crippen molar-refractivity contribution in [3.8, 4) is 0 Å². The van der Waals surface area contributed by atoms with E-state index >= 15 is 0 Å². The van der Waals surface area contributed by atoms with Crippen LogP contribution in [-0.2, 0) is 0 Å². The van der Waals surface area contributed by atoms with Gasteiger partial charge < -0.3 is 0 Å². The standard InChI is InChI=1S/C12H26BrP/c1-3-5-7-8-9-10-12(13)14-11-6-4-2/h12,14H,3-11H2,1-2H3. The Morgan fingerprint density at radius 3 is 2.21 bits per heavy atom. The lowest BCUT2D eigenvalue weighted by molar-refractivity contribution is 0.622. The van der Waals surface area contributed by atoms with Crippen LogP contribution in [0.2, 0.25) is 0 Å². The molecule has 0 aromatic heterocycles. The van der Waals surface area contributed by atoms with Crippen LogP contribution in [0.5, 0.6) is 0 Å². The molecule has 0 N–H and O–H groups in total. The lowest BCUT2D eigenvalue weighted by Gasteiger charge is -2.08. The van der Waals surface area contributed by atoms with Crippen molar-refractivity contribution in [2.24, 2.45) is 0 Å². The van der Waals surface area contributed by atoms with Crippen LogP contribution in [0.3, 0.4) is 0 Å². The van der Waals surface area contributed by atoms with E-state index in [1.165, 1.54) is 57.5 Å². The predicted molar refractivity (Wildman–Crippen MR) is 74.2 cm³/mol. The van der Waals surface area contributed by atoms with Gasteiger partial charge >= 0.3 is 0 Å². The number of alkyl halides is 1. The Morgan fingerprint density at radius 1 is 0.929 bits per heavy atom. The van der Waals surface area contributed by atoms with Crippen molar-refractivity contribution in [1.82, 2.24) is 0 Å². The molecule has 0 nitrogen and oxygen atoms in total. The second kappa shape index (κ2) is 12.0. The third kappa shape index (κ3) is 11.0. The lowest BCUT2D eigenvalue weighted by atomic mass is 10.1. The fraction of sp³-hybridized carbons (Fsp3) is 1.00. The first-order chi connectivity index (χ1) is 6.81. The summed E-state index contributed by atoms with van der Waals surface area (Å²) in [5.74, 6) is 0. The van der Waals surface area contributed by atoms with E-state index in [0.717, 1.165) is 13.1 Å². The van der Waals surface area contributed by atoms with Gasteiger partial charge in [-0.25, -0.2) is 0 Å². The highest BCUT2D eigenvalue weighted by Crippen LogP contribution is 2.30. The van der Waals surface area contributed by atoms with E-state index in [1.807, 2.05) is 0 Å². The minimum absolute atomic E-state index is 0.815. The summed E-state index contributed by atoms with van der Waals surface area (Å²) >= 11 is 3.79. The Bertz CT molecular complexity index is 106. The second-order valence-corrected chi connectivity index (χ2v) is 7.53. The maximum Gasteiger partial charge on any atom is 0.0317 e. The Kier molecular flexibility index (Phi) is 12.8. The minimum atomic E-state index is 0.815. The monoisotopic (exact) mass is 280 g/mol. The first-order valence-corrected chi connectivity index (χ1v) is 8.38. The maximum absolute atomic E-state index is 3.79. The van der Waals surface area contributed by atoms with Crippen LogP contribution in [0, 0.1) is 0 Å². The number of hydrogen-bond acceptors (Lipinski definition) is 0. The maximum atomic E-state index is 3.79. The summed E-state index contributed by atoms with van der Waals surface area (Å²) in [5.41, 5.74) is 0. The van der Waals surface area contributed by atoms with Gasteiger partial charge in [0.1, 0.15) is 0 Å². The van der Waals surface area contributed by atoms with Gasteiger partial charge in [0, 0.05) is 4.57 Å². The highest BCUT2D eigenvalue weighted by atomic mass is 79.9. The fourth-order valence-electron chi connectivity index (χ4n) is 1.46. The Balaban J connectivity index is 3.06. The lowest BCUT2D eigenvalue weighted by Crippen LogP contribution is -1.91. The normalized spacial score (nSPS) is 13.9. The van der Waals surface area contributed by atoms with Crippen LogP contribution in [0.15, 0.2) is 0 Å². The van der Waals surface area contributed by atoms with E-state index in [0.29, 0.717) is 0 Å². The van der Waals surface area contributed by atoms with Gasteiger partial charge in [-0.2, -0.15) is 0 Å². The van der Waals surface area contributed by atoms with E-state index in [9.17, 15) is 0 Å². The summed E-state index contributed by atoms with van der Waals surface area (Å²) in [6.45, 7) is 4.55. The first kappa shape index (κ1) is 14.9. The van der Waals surface area contributed by atoms with Crippen LogP contribution >= 0.6 is 24.5 Å². The van der Waals surface area contributed by atoms with Crippen molar-refractivity contribution in [2.75, 3.05) is 6.16 Å². The molecule has 86 valence electrons. The van der Waals surface area contributed by atoms with Crippen molar-refractivity contribution >= 4 is 24.5 Å². The van der Waals surface area contributed by atoms with Crippen LogP contribution in [0.25, 0.3) is 0 Å². The topological polar surface area (TPSA) is 0 Å². The largest absolute Gasteiger partial charge is 0.108 e. The molecule has 0 radical (unpaired) electrons. The molecule has 2 unspecified atom stereocenters. The van der Waals surface area contributed by atoms with Crippen LogP contribution in [-0.4, -0.2) is 10.7 Å². The molecule has 0 rings (SSSR count). The summed E-state index contributed by atoms with van der Waals surface area (Å²) < 4.78 is 0.815. The van der Waals surface area contributed by atoms with Crippen molar-refractivity contribution in [3.63, 3.8) is 0 Å². The average molecular weight is 281 g/mol.